The van der Waals surface area contributed by atoms with E-state index < -0.39 is 17.9 Å². The van der Waals surface area contributed by atoms with E-state index in [1.165, 1.54) is 0 Å². The van der Waals surface area contributed by atoms with Crippen LogP contribution in [0.15, 0.2) is 0 Å². The largest absolute Gasteiger partial charge is 0.550 e. The van der Waals surface area contributed by atoms with Gasteiger partial charge >= 0.3 is 0 Å². The Hall–Kier alpha value is -1.01. The fourth-order valence-electron chi connectivity index (χ4n) is 0. The van der Waals surface area contributed by atoms with Gasteiger partial charge in [0.15, 0.2) is 0 Å². The molecule has 0 bridgehead atoms. The third kappa shape index (κ3) is 31.6. The molecule has 0 fully saturated rings. The quantitative estimate of drug-likeness (QED) is 0.604. The van der Waals surface area contributed by atoms with Crippen LogP contribution in [0.25, 0.3) is 0 Å². The second-order valence-corrected chi connectivity index (χ2v) is 4.42. The van der Waals surface area contributed by atoms with E-state index in [4.69, 9.17) is 0 Å². The summed E-state index contributed by atoms with van der Waals surface area (Å²) >= 11 is 0. The van der Waals surface area contributed by atoms with Crippen molar-refractivity contribution in [3.05, 3.63) is 0 Å². The fourth-order valence-corrected chi connectivity index (χ4v) is 0. The van der Waals surface area contributed by atoms with E-state index in [9.17, 15) is 29.7 Å². The molecule has 0 amide bonds. The van der Waals surface area contributed by atoms with Gasteiger partial charge in [0.2, 0.25) is 0 Å². The van der Waals surface area contributed by atoms with Gasteiger partial charge in [0.05, 0.1) is 0 Å². The van der Waals surface area contributed by atoms with Crippen molar-refractivity contribution in [3.63, 3.8) is 0 Å². The van der Waals surface area contributed by atoms with Crippen molar-refractivity contribution >= 4 is 17.9 Å². The Morgan fingerprint density at radius 2 is 0.632 bits per heavy atom. The van der Waals surface area contributed by atoms with Crippen LogP contribution in [0.2, 0.25) is 0 Å². The third-order valence-electron chi connectivity index (χ3n) is 1.41. The third-order valence-corrected chi connectivity index (χ3v) is 1.41. The Labute approximate surface area is 126 Å². The van der Waals surface area contributed by atoms with Crippen LogP contribution in [0.5, 0.6) is 0 Å². The monoisotopic (exact) mass is 312 g/mol. The maximum absolute atomic E-state index is 9.59. The maximum Gasteiger partial charge on any atom is 0.0439 e. The Kier molecular flexibility index (Phi) is 21.0. The van der Waals surface area contributed by atoms with Crippen LogP contribution in [0.3, 0.4) is 0 Å². The maximum atomic E-state index is 9.59. The van der Waals surface area contributed by atoms with Gasteiger partial charge < -0.3 is 29.7 Å². The molecule has 0 N–H and O–H groups in total. The van der Waals surface area contributed by atoms with E-state index in [0.29, 0.717) is 0 Å². The minimum absolute atomic E-state index is 0. The summed E-state index contributed by atoms with van der Waals surface area (Å²) in [6, 6.07) is 0. The zero-order valence-electron chi connectivity index (χ0n) is 12.1. The van der Waals surface area contributed by atoms with E-state index in [2.05, 4.69) is 0 Å². The summed E-state index contributed by atoms with van der Waals surface area (Å²) in [5, 5.41) is 28.8. The van der Waals surface area contributed by atoms with Crippen molar-refractivity contribution in [2.45, 2.75) is 41.5 Å². The molecule has 0 atom stereocenters. The average molecular weight is 312 g/mol. The molecule has 0 rings (SSSR count). The van der Waals surface area contributed by atoms with Crippen molar-refractivity contribution in [1.29, 1.82) is 0 Å². The molecule has 0 heterocycles. The van der Waals surface area contributed by atoms with E-state index in [0.717, 1.165) is 0 Å². The van der Waals surface area contributed by atoms with Crippen molar-refractivity contribution in [2.24, 2.45) is 17.8 Å². The molecule has 113 valence electrons. The van der Waals surface area contributed by atoms with Gasteiger partial charge in [0, 0.05) is 36.5 Å². The standard InChI is InChI=1S/3C4H8O2.V/c3*1-3(2)4(5)6;/h3*3H,1-2H3,(H,5,6);/p-3. The summed E-state index contributed by atoms with van der Waals surface area (Å²) in [6.07, 6.45) is 0. The molecule has 1 radical (unpaired) electrons. The molecule has 0 aliphatic carbocycles. The summed E-state index contributed by atoms with van der Waals surface area (Å²) in [4.78, 5) is 28.8. The first-order valence-corrected chi connectivity index (χ1v) is 5.55. The molecule has 0 aliphatic heterocycles. The SMILES string of the molecule is CC(C)C(=O)[O-].CC(C)C(=O)[O-].CC(C)C(=O)[O-].[V]. The van der Waals surface area contributed by atoms with Crippen LogP contribution in [0.1, 0.15) is 41.5 Å². The van der Waals surface area contributed by atoms with Crippen molar-refractivity contribution in [1.82, 2.24) is 0 Å². The van der Waals surface area contributed by atoms with Crippen LogP contribution in [0, 0.1) is 17.8 Å². The topological polar surface area (TPSA) is 120 Å². The Balaban J connectivity index is -0.0000000865. The van der Waals surface area contributed by atoms with E-state index in [1.807, 2.05) is 0 Å². The molecule has 0 saturated heterocycles. The van der Waals surface area contributed by atoms with Crippen molar-refractivity contribution < 1.29 is 48.3 Å². The minimum Gasteiger partial charge on any atom is -0.550 e. The number of carbonyl (C=O) groups excluding carboxylic acids is 3. The van der Waals surface area contributed by atoms with Gasteiger partial charge in [0.1, 0.15) is 0 Å². The zero-order chi connectivity index (χ0) is 15.5. The van der Waals surface area contributed by atoms with E-state index >= 15 is 0 Å². The fraction of sp³-hybridized carbons (Fsp3) is 0.750. The summed E-state index contributed by atoms with van der Waals surface area (Å²) < 4.78 is 0. The molecule has 0 aliphatic rings. The second kappa shape index (κ2) is 15.1. The molecule has 0 aromatic rings. The second-order valence-electron chi connectivity index (χ2n) is 4.42. The van der Waals surface area contributed by atoms with E-state index in [1.54, 1.807) is 41.5 Å². The number of aliphatic carboxylic acids is 3. The molecule has 19 heavy (non-hydrogen) atoms. The minimum atomic E-state index is -0.991. The molecule has 6 nitrogen and oxygen atoms in total. The molecule has 0 spiro atoms. The normalized spacial score (nSPS) is 8.68. The molecule has 7 heteroatoms. The number of hydrogen-bond donors (Lipinski definition) is 0. The van der Waals surface area contributed by atoms with Crippen LogP contribution in [-0.4, -0.2) is 17.9 Å². The number of carboxylic acid groups (broad SMARTS) is 3. The molecule has 0 saturated carbocycles. The zero-order valence-corrected chi connectivity index (χ0v) is 13.5. The van der Waals surface area contributed by atoms with Crippen molar-refractivity contribution in [3.8, 4) is 0 Å². The summed E-state index contributed by atoms with van der Waals surface area (Å²) in [5.74, 6) is -4.00. The number of carbonyl (C=O) groups is 3. The summed E-state index contributed by atoms with van der Waals surface area (Å²) in [7, 11) is 0. The van der Waals surface area contributed by atoms with E-state index in [-0.39, 0.29) is 36.3 Å². The first kappa shape index (κ1) is 26.5. The van der Waals surface area contributed by atoms with Gasteiger partial charge in [-0.3, -0.25) is 0 Å². The molecular formula is C12H21O6V-3. The van der Waals surface area contributed by atoms with Gasteiger partial charge in [-0.1, -0.05) is 41.5 Å². The van der Waals surface area contributed by atoms with Gasteiger partial charge in [-0.2, -0.15) is 0 Å². The molecule has 0 unspecified atom stereocenters. The average Bonchev–Trinajstić information content (AvgIpc) is 2.18. The van der Waals surface area contributed by atoms with Crippen LogP contribution < -0.4 is 15.3 Å². The van der Waals surface area contributed by atoms with Crippen molar-refractivity contribution in [2.75, 3.05) is 0 Å². The summed E-state index contributed by atoms with van der Waals surface area (Å²) in [6.45, 7) is 9.47. The number of carboxylic acids is 3. The number of rotatable bonds is 3. The van der Waals surface area contributed by atoms with Gasteiger partial charge in [0.25, 0.3) is 0 Å². The smallest absolute Gasteiger partial charge is 0.0439 e. The molecule has 0 aromatic heterocycles. The first-order chi connectivity index (χ1) is 7.93. The molecule has 0 aromatic carbocycles. The predicted molar refractivity (Wildman–Crippen MR) is 59.5 cm³/mol. The predicted octanol–water partition coefficient (Wildman–Crippen LogP) is -1.83. The summed E-state index contributed by atoms with van der Waals surface area (Å²) in [5.41, 5.74) is 0. The van der Waals surface area contributed by atoms with Crippen LogP contribution >= 0.6 is 0 Å². The van der Waals surface area contributed by atoms with Crippen LogP contribution in [-0.2, 0) is 32.9 Å². The van der Waals surface area contributed by atoms with Crippen LogP contribution in [0.4, 0.5) is 0 Å². The Bertz CT molecular complexity index is 218. The van der Waals surface area contributed by atoms with Gasteiger partial charge in [-0.15, -0.1) is 0 Å². The van der Waals surface area contributed by atoms with Gasteiger partial charge in [-0.25, -0.2) is 0 Å². The Morgan fingerprint density at radius 1 is 0.579 bits per heavy atom. The molecular weight excluding hydrogens is 291 g/mol. The first-order valence-electron chi connectivity index (χ1n) is 5.55. The Morgan fingerprint density at radius 3 is 0.632 bits per heavy atom. The van der Waals surface area contributed by atoms with Gasteiger partial charge in [-0.05, 0) is 17.8 Å². The number of hydrogen-bond acceptors (Lipinski definition) is 6.